The van der Waals surface area contributed by atoms with Gasteiger partial charge in [-0.2, -0.15) is 0 Å². The average Bonchev–Trinajstić information content (AvgIpc) is 3.31. The summed E-state index contributed by atoms with van der Waals surface area (Å²) in [5.74, 6) is -0.229. The molecule has 0 spiro atoms. The van der Waals surface area contributed by atoms with E-state index in [9.17, 15) is 4.79 Å². The van der Waals surface area contributed by atoms with Crippen molar-refractivity contribution in [2.24, 2.45) is 0 Å². The fourth-order valence-corrected chi connectivity index (χ4v) is 4.54. The molecule has 5 heteroatoms. The zero-order chi connectivity index (χ0) is 17.2. The van der Waals surface area contributed by atoms with E-state index in [0.717, 1.165) is 24.0 Å². The Hall–Kier alpha value is -2.66. The van der Waals surface area contributed by atoms with Crippen LogP contribution in [0, 0.1) is 0 Å². The van der Waals surface area contributed by atoms with Gasteiger partial charge < -0.3 is 9.30 Å². The molecule has 25 heavy (non-hydrogen) atoms. The van der Waals surface area contributed by atoms with E-state index < -0.39 is 0 Å². The summed E-state index contributed by atoms with van der Waals surface area (Å²) in [6.07, 6.45) is 9.24. The Morgan fingerprint density at radius 1 is 1.28 bits per heavy atom. The van der Waals surface area contributed by atoms with Gasteiger partial charge in [-0.3, -0.25) is 0 Å². The van der Waals surface area contributed by atoms with Gasteiger partial charge in [-0.05, 0) is 36.1 Å². The van der Waals surface area contributed by atoms with Crippen LogP contribution in [0.3, 0.4) is 0 Å². The average molecular weight is 350 g/mol. The van der Waals surface area contributed by atoms with Gasteiger partial charge in [-0.15, -0.1) is 11.3 Å². The Labute approximate surface area is 150 Å². The number of hydrogen-bond donors (Lipinski definition) is 0. The maximum Gasteiger partial charge on any atom is 0.333 e. The molecule has 0 radical (unpaired) electrons. The molecule has 3 aromatic rings. The minimum Gasteiger partial charge on any atom is -0.466 e. The second kappa shape index (κ2) is 6.69. The second-order valence-electron chi connectivity index (χ2n) is 6.01. The van der Waals surface area contributed by atoms with Gasteiger partial charge in [0.1, 0.15) is 0 Å². The lowest BCUT2D eigenvalue weighted by atomic mass is 9.97. The molecule has 0 saturated carbocycles. The Morgan fingerprint density at radius 3 is 2.84 bits per heavy atom. The van der Waals surface area contributed by atoms with Crippen LogP contribution in [0.2, 0.25) is 0 Å². The van der Waals surface area contributed by atoms with Crippen LogP contribution in [-0.4, -0.2) is 22.6 Å². The van der Waals surface area contributed by atoms with E-state index in [1.165, 1.54) is 22.4 Å². The molecule has 1 atom stereocenters. The Bertz CT molecular complexity index is 911. The molecule has 0 fully saturated rings. The lowest BCUT2D eigenvalue weighted by Gasteiger charge is -2.17. The zero-order valence-corrected chi connectivity index (χ0v) is 14.7. The monoisotopic (exact) mass is 350 g/mol. The first-order valence-electron chi connectivity index (χ1n) is 8.20. The van der Waals surface area contributed by atoms with Crippen LogP contribution in [0.4, 0.5) is 0 Å². The van der Waals surface area contributed by atoms with E-state index in [4.69, 9.17) is 4.74 Å². The van der Waals surface area contributed by atoms with E-state index in [-0.39, 0.29) is 12.0 Å². The number of hydrogen-bond acceptors (Lipinski definition) is 4. The number of nitrogens with zero attached hydrogens (tertiary/aromatic N) is 2. The smallest absolute Gasteiger partial charge is 0.333 e. The summed E-state index contributed by atoms with van der Waals surface area (Å²) in [5, 5.41) is 0. The summed E-state index contributed by atoms with van der Waals surface area (Å²) in [6, 6.07) is 12.7. The number of benzene rings is 1. The molecule has 1 aromatic carbocycles. The highest BCUT2D eigenvalue weighted by atomic mass is 32.1. The van der Waals surface area contributed by atoms with Gasteiger partial charge in [-0.25, -0.2) is 9.78 Å². The highest BCUT2D eigenvalue weighted by molar-refractivity contribution is 7.12. The summed E-state index contributed by atoms with van der Waals surface area (Å²) in [7, 11) is 1.43. The predicted molar refractivity (Wildman–Crippen MR) is 98.5 cm³/mol. The SMILES string of the molecule is COC(=O)C1=Cc2cc(C(c3ccccc3)n3ccnc3)sc2CC1. The summed E-state index contributed by atoms with van der Waals surface area (Å²) in [5.41, 5.74) is 3.10. The van der Waals surface area contributed by atoms with E-state index in [2.05, 4.69) is 39.9 Å². The van der Waals surface area contributed by atoms with Crippen molar-refractivity contribution in [2.45, 2.75) is 18.9 Å². The first-order chi connectivity index (χ1) is 12.3. The fraction of sp³-hybridized carbons (Fsp3) is 0.200. The third-order valence-electron chi connectivity index (χ3n) is 4.47. The number of ether oxygens (including phenoxy) is 1. The van der Waals surface area contributed by atoms with Gasteiger partial charge in [-0.1, -0.05) is 30.3 Å². The second-order valence-corrected chi connectivity index (χ2v) is 7.18. The summed E-state index contributed by atoms with van der Waals surface area (Å²) >= 11 is 1.81. The molecule has 1 aliphatic rings. The predicted octanol–water partition coefficient (Wildman–Crippen LogP) is 4.08. The van der Waals surface area contributed by atoms with Crippen molar-refractivity contribution in [1.29, 1.82) is 0 Å². The van der Waals surface area contributed by atoms with Gasteiger partial charge in [0.25, 0.3) is 0 Å². The normalized spacial score (nSPS) is 14.5. The minimum absolute atomic E-state index is 0.0919. The lowest BCUT2D eigenvalue weighted by molar-refractivity contribution is -0.136. The molecule has 0 bridgehead atoms. The first kappa shape index (κ1) is 15.8. The molecule has 0 saturated heterocycles. The minimum atomic E-state index is -0.229. The molecule has 4 rings (SSSR count). The Balaban J connectivity index is 1.77. The third-order valence-corrected chi connectivity index (χ3v) is 5.73. The highest BCUT2D eigenvalue weighted by Crippen LogP contribution is 2.38. The molecule has 1 unspecified atom stereocenters. The number of aromatic nitrogens is 2. The number of esters is 1. The molecular weight excluding hydrogens is 332 g/mol. The largest absolute Gasteiger partial charge is 0.466 e. The number of rotatable bonds is 4. The van der Waals surface area contributed by atoms with Crippen LogP contribution in [-0.2, 0) is 16.0 Å². The van der Waals surface area contributed by atoms with E-state index in [1.807, 2.05) is 36.0 Å². The van der Waals surface area contributed by atoms with Crippen LogP contribution >= 0.6 is 11.3 Å². The molecule has 2 heterocycles. The highest BCUT2D eigenvalue weighted by Gasteiger charge is 2.23. The van der Waals surface area contributed by atoms with Crippen LogP contribution in [0.1, 0.15) is 33.3 Å². The first-order valence-corrected chi connectivity index (χ1v) is 9.02. The van der Waals surface area contributed by atoms with Gasteiger partial charge in [0, 0.05) is 27.7 Å². The van der Waals surface area contributed by atoms with Gasteiger partial charge in [0.05, 0.1) is 19.5 Å². The number of thiophene rings is 1. The van der Waals surface area contributed by atoms with Crippen LogP contribution in [0.5, 0.6) is 0 Å². The van der Waals surface area contributed by atoms with Crippen LogP contribution < -0.4 is 0 Å². The summed E-state index contributed by atoms with van der Waals surface area (Å²) < 4.78 is 6.99. The molecule has 126 valence electrons. The van der Waals surface area contributed by atoms with Crippen molar-refractivity contribution < 1.29 is 9.53 Å². The Kier molecular flexibility index (Phi) is 4.24. The summed E-state index contributed by atoms with van der Waals surface area (Å²) in [4.78, 5) is 18.6. The molecule has 0 N–H and O–H groups in total. The van der Waals surface area contributed by atoms with Crippen LogP contribution in [0.15, 0.2) is 60.7 Å². The fourth-order valence-electron chi connectivity index (χ4n) is 3.26. The van der Waals surface area contributed by atoms with Crippen molar-refractivity contribution in [2.75, 3.05) is 7.11 Å². The number of fused-ring (bicyclic) bond motifs is 1. The van der Waals surface area contributed by atoms with E-state index in [0.29, 0.717) is 0 Å². The van der Waals surface area contributed by atoms with Crippen molar-refractivity contribution in [3.05, 3.63) is 81.6 Å². The third kappa shape index (κ3) is 3.03. The maximum atomic E-state index is 11.8. The number of imidazole rings is 1. The quantitative estimate of drug-likeness (QED) is 0.666. The van der Waals surface area contributed by atoms with Gasteiger partial charge in [0.15, 0.2) is 0 Å². The van der Waals surface area contributed by atoms with Gasteiger partial charge in [0.2, 0.25) is 0 Å². The molecule has 0 aliphatic heterocycles. The van der Waals surface area contributed by atoms with Crippen molar-refractivity contribution in [3.8, 4) is 0 Å². The zero-order valence-electron chi connectivity index (χ0n) is 13.9. The molecular formula is C20H18N2O2S. The van der Waals surface area contributed by atoms with Crippen molar-refractivity contribution in [3.63, 3.8) is 0 Å². The topological polar surface area (TPSA) is 44.1 Å². The molecule has 2 aromatic heterocycles. The van der Waals surface area contributed by atoms with Crippen molar-refractivity contribution >= 4 is 23.4 Å². The number of carbonyl (C=O) groups excluding carboxylic acids is 1. The Morgan fingerprint density at radius 2 is 2.12 bits per heavy atom. The maximum absolute atomic E-state index is 11.8. The van der Waals surface area contributed by atoms with E-state index >= 15 is 0 Å². The van der Waals surface area contributed by atoms with E-state index in [1.54, 1.807) is 6.20 Å². The number of methoxy groups -OCH3 is 1. The summed E-state index contributed by atoms with van der Waals surface area (Å²) in [6.45, 7) is 0. The molecule has 4 nitrogen and oxygen atoms in total. The van der Waals surface area contributed by atoms with Gasteiger partial charge >= 0.3 is 5.97 Å². The molecule has 0 amide bonds. The number of aryl methyl sites for hydroxylation is 1. The van der Waals surface area contributed by atoms with Crippen LogP contribution in [0.25, 0.3) is 6.08 Å². The lowest BCUT2D eigenvalue weighted by Crippen LogP contribution is -2.08. The molecule has 1 aliphatic carbocycles. The standard InChI is InChI=1S/C20H18N2O2S/c1-24-20(23)15-7-8-17-16(11-15)12-18(25-17)19(22-10-9-21-13-22)14-5-3-2-4-6-14/h2-6,9-13,19H,7-8H2,1H3. The number of carbonyl (C=O) groups is 1. The van der Waals surface area contributed by atoms with Crippen molar-refractivity contribution in [1.82, 2.24) is 9.55 Å².